The van der Waals surface area contributed by atoms with Crippen molar-refractivity contribution in [3.05, 3.63) is 40.9 Å². The Bertz CT molecular complexity index is 724. The Morgan fingerprint density at radius 2 is 2.04 bits per heavy atom. The van der Waals surface area contributed by atoms with Crippen LogP contribution in [0.25, 0.3) is 0 Å². The van der Waals surface area contributed by atoms with Gasteiger partial charge in [-0.2, -0.15) is 0 Å². The molecule has 122 valence electrons. The third-order valence-electron chi connectivity index (χ3n) is 4.71. The number of hydrogen-bond donors (Lipinski definition) is 2. The van der Waals surface area contributed by atoms with Crippen molar-refractivity contribution >= 4 is 22.4 Å². The molecule has 1 amide bonds. The molecule has 1 atom stereocenters. The number of rotatable bonds is 5. The van der Waals surface area contributed by atoms with Crippen molar-refractivity contribution in [2.45, 2.75) is 32.2 Å². The van der Waals surface area contributed by atoms with E-state index < -0.39 is 5.41 Å². The highest BCUT2D eigenvalue weighted by Gasteiger charge is 2.66. The first-order valence-electron chi connectivity index (χ1n) is 7.52. The zero-order chi connectivity index (χ0) is 16.7. The number of thiazole rings is 1. The second-order valence-corrected chi connectivity index (χ2v) is 7.44. The average molecular weight is 331 g/mol. The van der Waals surface area contributed by atoms with Crippen LogP contribution in [0.2, 0.25) is 0 Å². The van der Waals surface area contributed by atoms with Gasteiger partial charge in [0.15, 0.2) is 5.13 Å². The number of benzene rings is 1. The standard InChI is InChI=1S/C17H21N3O2S/c1-16(2)10-17(16,11-4-6-13(22-3)7-5-11)14(21)19-8-12-9-23-15(18)20-12/h4-7,9H,8,10H2,1-3H3,(H2,18,20)(H,19,21). The molecule has 0 radical (unpaired) electrons. The van der Waals surface area contributed by atoms with E-state index in [4.69, 9.17) is 10.5 Å². The summed E-state index contributed by atoms with van der Waals surface area (Å²) in [7, 11) is 1.64. The summed E-state index contributed by atoms with van der Waals surface area (Å²) in [6, 6.07) is 7.77. The highest BCUT2D eigenvalue weighted by molar-refractivity contribution is 7.13. The van der Waals surface area contributed by atoms with E-state index in [9.17, 15) is 4.79 Å². The Balaban J connectivity index is 1.79. The third-order valence-corrected chi connectivity index (χ3v) is 5.43. The molecule has 0 bridgehead atoms. The maximum Gasteiger partial charge on any atom is 0.231 e. The Labute approximate surface area is 139 Å². The van der Waals surface area contributed by atoms with E-state index in [0.29, 0.717) is 11.7 Å². The van der Waals surface area contributed by atoms with Gasteiger partial charge >= 0.3 is 0 Å². The number of anilines is 1. The monoisotopic (exact) mass is 331 g/mol. The van der Waals surface area contributed by atoms with Crippen LogP contribution in [0.1, 0.15) is 31.5 Å². The van der Waals surface area contributed by atoms with Gasteiger partial charge in [-0.1, -0.05) is 26.0 Å². The fraction of sp³-hybridized carbons (Fsp3) is 0.412. The molecule has 1 aromatic carbocycles. The molecule has 1 aliphatic carbocycles. The molecule has 1 unspecified atom stereocenters. The fourth-order valence-corrected chi connectivity index (χ4v) is 3.79. The Kier molecular flexibility index (Phi) is 3.80. The summed E-state index contributed by atoms with van der Waals surface area (Å²) < 4.78 is 5.20. The van der Waals surface area contributed by atoms with Crippen LogP contribution in [0.3, 0.4) is 0 Å². The van der Waals surface area contributed by atoms with Gasteiger partial charge in [0, 0.05) is 5.38 Å². The van der Waals surface area contributed by atoms with Gasteiger partial charge in [0.05, 0.1) is 24.8 Å². The second kappa shape index (κ2) is 5.53. The summed E-state index contributed by atoms with van der Waals surface area (Å²) in [5, 5.41) is 5.40. The van der Waals surface area contributed by atoms with Crippen LogP contribution in [-0.2, 0) is 16.8 Å². The lowest BCUT2D eigenvalue weighted by Crippen LogP contribution is -2.37. The Hall–Kier alpha value is -2.08. The van der Waals surface area contributed by atoms with Crippen molar-refractivity contribution in [3.63, 3.8) is 0 Å². The highest BCUT2D eigenvalue weighted by atomic mass is 32.1. The first-order valence-corrected chi connectivity index (χ1v) is 8.40. The number of nitrogens with one attached hydrogen (secondary N) is 1. The summed E-state index contributed by atoms with van der Waals surface area (Å²) in [4.78, 5) is 17.1. The molecule has 3 rings (SSSR count). The molecule has 0 spiro atoms. The van der Waals surface area contributed by atoms with E-state index in [2.05, 4.69) is 24.1 Å². The largest absolute Gasteiger partial charge is 0.497 e. The van der Waals surface area contributed by atoms with Gasteiger partial charge in [0.1, 0.15) is 5.75 Å². The summed E-state index contributed by atoms with van der Waals surface area (Å²) in [5.74, 6) is 0.833. The molecule has 1 saturated carbocycles. The summed E-state index contributed by atoms with van der Waals surface area (Å²) >= 11 is 1.38. The average Bonchev–Trinajstić information content (AvgIpc) is 2.89. The highest BCUT2D eigenvalue weighted by Crippen LogP contribution is 2.64. The number of nitrogens with zero attached hydrogens (tertiary/aromatic N) is 1. The van der Waals surface area contributed by atoms with Crippen molar-refractivity contribution in [3.8, 4) is 5.75 Å². The predicted molar refractivity (Wildman–Crippen MR) is 91.4 cm³/mol. The van der Waals surface area contributed by atoms with E-state index in [1.54, 1.807) is 7.11 Å². The van der Waals surface area contributed by atoms with Crippen LogP contribution < -0.4 is 15.8 Å². The molecular formula is C17H21N3O2S. The fourth-order valence-electron chi connectivity index (χ4n) is 3.23. The number of carbonyl (C=O) groups excluding carboxylic acids is 1. The van der Waals surface area contributed by atoms with Crippen molar-refractivity contribution in [1.82, 2.24) is 10.3 Å². The predicted octanol–water partition coefficient (Wildman–Crippen LogP) is 2.72. The maximum atomic E-state index is 12.9. The van der Waals surface area contributed by atoms with Crippen LogP contribution >= 0.6 is 11.3 Å². The van der Waals surface area contributed by atoms with Crippen molar-refractivity contribution < 1.29 is 9.53 Å². The van der Waals surface area contributed by atoms with Gasteiger partial charge in [-0.3, -0.25) is 4.79 Å². The van der Waals surface area contributed by atoms with E-state index >= 15 is 0 Å². The van der Waals surface area contributed by atoms with E-state index in [1.165, 1.54) is 11.3 Å². The SMILES string of the molecule is COc1ccc(C2(C(=O)NCc3csc(N)n3)CC2(C)C)cc1. The van der Waals surface area contributed by atoms with E-state index in [1.807, 2.05) is 29.6 Å². The van der Waals surface area contributed by atoms with Crippen LogP contribution in [0.15, 0.2) is 29.6 Å². The summed E-state index contributed by atoms with van der Waals surface area (Å²) in [6.45, 7) is 4.65. The van der Waals surface area contributed by atoms with Crippen LogP contribution in [0.5, 0.6) is 5.75 Å². The van der Waals surface area contributed by atoms with Gasteiger partial charge in [-0.05, 0) is 29.5 Å². The molecule has 2 aromatic rings. The normalized spacial score (nSPS) is 21.7. The summed E-state index contributed by atoms with van der Waals surface area (Å²) in [5.41, 5.74) is 6.90. The molecule has 23 heavy (non-hydrogen) atoms. The van der Waals surface area contributed by atoms with Crippen LogP contribution in [0, 0.1) is 5.41 Å². The number of hydrogen-bond acceptors (Lipinski definition) is 5. The molecule has 5 nitrogen and oxygen atoms in total. The molecule has 0 saturated heterocycles. The number of nitrogens with two attached hydrogens (primary N) is 1. The Morgan fingerprint density at radius 3 is 2.52 bits per heavy atom. The topological polar surface area (TPSA) is 77.2 Å². The smallest absolute Gasteiger partial charge is 0.231 e. The minimum Gasteiger partial charge on any atom is -0.497 e. The number of nitrogen functional groups attached to an aromatic ring is 1. The maximum absolute atomic E-state index is 12.9. The van der Waals surface area contributed by atoms with Gasteiger partial charge in [0.2, 0.25) is 5.91 Å². The zero-order valence-corrected chi connectivity index (χ0v) is 14.4. The zero-order valence-electron chi connectivity index (χ0n) is 13.6. The lowest BCUT2D eigenvalue weighted by molar-refractivity contribution is -0.124. The van der Waals surface area contributed by atoms with E-state index in [-0.39, 0.29) is 11.3 Å². The minimum atomic E-state index is -0.485. The second-order valence-electron chi connectivity index (χ2n) is 6.55. The molecule has 1 aliphatic rings. The quantitative estimate of drug-likeness (QED) is 0.883. The van der Waals surface area contributed by atoms with Gasteiger partial charge < -0.3 is 15.8 Å². The molecular weight excluding hydrogens is 310 g/mol. The third kappa shape index (κ3) is 2.67. The van der Waals surface area contributed by atoms with Gasteiger partial charge in [-0.15, -0.1) is 11.3 Å². The molecule has 0 aliphatic heterocycles. The number of methoxy groups -OCH3 is 1. The lowest BCUT2D eigenvalue weighted by atomic mass is 9.87. The minimum absolute atomic E-state index is 0.0410. The number of carbonyl (C=O) groups is 1. The number of aromatic nitrogens is 1. The first kappa shape index (κ1) is 15.8. The van der Waals surface area contributed by atoms with Crippen molar-refractivity contribution in [2.24, 2.45) is 5.41 Å². The number of ether oxygens (including phenoxy) is 1. The molecule has 3 N–H and O–H groups in total. The lowest BCUT2D eigenvalue weighted by Gasteiger charge is -2.20. The molecule has 1 fully saturated rings. The van der Waals surface area contributed by atoms with Crippen LogP contribution in [0.4, 0.5) is 5.13 Å². The molecule has 6 heteroatoms. The number of amides is 1. The van der Waals surface area contributed by atoms with Gasteiger partial charge in [-0.25, -0.2) is 4.98 Å². The van der Waals surface area contributed by atoms with E-state index in [0.717, 1.165) is 23.4 Å². The molecule has 1 heterocycles. The van der Waals surface area contributed by atoms with Crippen molar-refractivity contribution in [1.29, 1.82) is 0 Å². The first-order chi connectivity index (χ1) is 10.9. The van der Waals surface area contributed by atoms with Gasteiger partial charge in [0.25, 0.3) is 0 Å². The summed E-state index contributed by atoms with van der Waals surface area (Å²) in [6.07, 6.45) is 0.831. The molecule has 1 aromatic heterocycles. The Morgan fingerprint density at radius 1 is 1.39 bits per heavy atom. The van der Waals surface area contributed by atoms with Crippen molar-refractivity contribution in [2.75, 3.05) is 12.8 Å². The van der Waals surface area contributed by atoms with Crippen LogP contribution in [-0.4, -0.2) is 18.0 Å².